The molecule has 0 unspecified atom stereocenters. The van der Waals surface area contributed by atoms with Gasteiger partial charge in [0.25, 0.3) is 0 Å². The fraction of sp³-hybridized carbons (Fsp3) is 0.303. The zero-order valence-electron chi connectivity index (χ0n) is 27.7. The number of anilines is 4. The molecule has 2 atom stereocenters. The molecular formula is C33H31Cl2F6N9O4. The fourth-order valence-corrected chi connectivity index (χ4v) is 5.43. The van der Waals surface area contributed by atoms with Crippen LogP contribution < -0.4 is 31.9 Å². The predicted octanol–water partition coefficient (Wildman–Crippen LogP) is 7.51. The van der Waals surface area contributed by atoms with Gasteiger partial charge in [-0.2, -0.15) is 26.3 Å². The first-order chi connectivity index (χ1) is 25.7. The topological polar surface area (TPSA) is 163 Å². The number of aromatic nitrogens is 3. The summed E-state index contributed by atoms with van der Waals surface area (Å²) in [5, 5.41) is 16.8. The number of urea groups is 2. The van der Waals surface area contributed by atoms with Gasteiger partial charge in [0.15, 0.2) is 0 Å². The minimum absolute atomic E-state index is 0.00919. The number of alkyl halides is 6. The normalized spacial score (nSPS) is 17.4. The summed E-state index contributed by atoms with van der Waals surface area (Å²) in [7, 11) is 0. The number of carbonyl (C=O) groups is 2. The molecule has 54 heavy (non-hydrogen) atoms. The number of ether oxygens (including phenoxy) is 2. The summed E-state index contributed by atoms with van der Waals surface area (Å²) in [4.78, 5) is 33.9. The van der Waals surface area contributed by atoms with Crippen LogP contribution >= 0.6 is 23.2 Å². The maximum Gasteiger partial charge on any atom is 0.451 e. The van der Waals surface area contributed by atoms with Gasteiger partial charge >= 0.3 is 24.4 Å². The molecule has 0 spiro atoms. The molecule has 2 saturated heterocycles. The minimum atomic E-state index is -4.65. The molecule has 2 aliphatic rings. The number of hydrogen-bond donors (Lipinski definition) is 6. The van der Waals surface area contributed by atoms with Crippen LogP contribution in [0.3, 0.4) is 0 Å². The second-order valence-electron chi connectivity index (χ2n) is 11.5. The number of benzene rings is 2. The van der Waals surface area contributed by atoms with Crippen molar-refractivity contribution >= 4 is 58.1 Å². The van der Waals surface area contributed by atoms with E-state index in [1.165, 1.54) is 0 Å². The zero-order chi connectivity index (χ0) is 38.9. The summed E-state index contributed by atoms with van der Waals surface area (Å²) < 4.78 is 86.1. The highest BCUT2D eigenvalue weighted by atomic mass is 35.5. The van der Waals surface area contributed by atoms with E-state index in [2.05, 4.69) is 46.9 Å². The number of nitrogens with zero attached hydrogens (tertiary/aromatic N) is 3. The van der Waals surface area contributed by atoms with Gasteiger partial charge in [0.1, 0.15) is 5.82 Å². The summed E-state index contributed by atoms with van der Waals surface area (Å²) in [6.07, 6.45) is -6.98. The monoisotopic (exact) mass is 801 g/mol. The maximum atomic E-state index is 12.5. The van der Waals surface area contributed by atoms with Crippen LogP contribution in [0.4, 0.5) is 58.8 Å². The van der Waals surface area contributed by atoms with Gasteiger partial charge in [-0.05, 0) is 47.5 Å². The van der Waals surface area contributed by atoms with Gasteiger partial charge in [-0.1, -0.05) is 35.3 Å². The van der Waals surface area contributed by atoms with Crippen molar-refractivity contribution < 1.29 is 45.4 Å². The molecule has 6 N–H and O–H groups in total. The molecule has 2 aromatic carbocycles. The van der Waals surface area contributed by atoms with Gasteiger partial charge in [0.2, 0.25) is 5.82 Å². The van der Waals surface area contributed by atoms with Crippen LogP contribution in [-0.2, 0) is 21.8 Å². The number of halogens is 8. The third-order valence-corrected chi connectivity index (χ3v) is 8.20. The van der Waals surface area contributed by atoms with Crippen LogP contribution in [0.15, 0.2) is 67.1 Å². The molecule has 13 nitrogen and oxygen atoms in total. The molecule has 6 rings (SSSR count). The maximum absolute atomic E-state index is 12.5. The van der Waals surface area contributed by atoms with E-state index in [0.717, 1.165) is 48.7 Å². The van der Waals surface area contributed by atoms with Crippen molar-refractivity contribution in [3.63, 3.8) is 0 Å². The van der Waals surface area contributed by atoms with E-state index < -0.39 is 35.8 Å². The largest absolute Gasteiger partial charge is 0.451 e. The molecule has 4 aromatic rings. The number of pyridine rings is 1. The fourth-order valence-electron chi connectivity index (χ4n) is 4.95. The second kappa shape index (κ2) is 18.0. The van der Waals surface area contributed by atoms with E-state index in [-0.39, 0.29) is 23.7 Å². The van der Waals surface area contributed by atoms with Crippen LogP contribution in [0.5, 0.6) is 0 Å². The van der Waals surface area contributed by atoms with E-state index in [1.807, 2.05) is 0 Å². The van der Waals surface area contributed by atoms with Crippen LogP contribution in [0.2, 0.25) is 10.0 Å². The molecule has 21 heteroatoms. The number of hydrogen-bond acceptors (Lipinski definition) is 9. The Hall–Kier alpha value is -4.79. The first-order valence-corrected chi connectivity index (χ1v) is 16.7. The van der Waals surface area contributed by atoms with Gasteiger partial charge in [-0.15, -0.1) is 0 Å². The summed E-state index contributed by atoms with van der Waals surface area (Å²) in [6, 6.07) is 10.8. The van der Waals surface area contributed by atoms with Gasteiger partial charge in [-0.3, -0.25) is 5.32 Å². The lowest BCUT2D eigenvalue weighted by Crippen LogP contribution is -2.33. The molecule has 0 saturated carbocycles. The minimum Gasteiger partial charge on any atom is -0.371 e. The van der Waals surface area contributed by atoms with Crippen molar-refractivity contribution in [3.8, 4) is 0 Å². The second-order valence-corrected chi connectivity index (χ2v) is 12.3. The molecule has 4 heterocycles. The molecular weight excluding hydrogens is 771 g/mol. The highest BCUT2D eigenvalue weighted by Gasteiger charge is 2.34. The molecule has 2 fully saturated rings. The number of amides is 4. The zero-order valence-corrected chi connectivity index (χ0v) is 29.3. The van der Waals surface area contributed by atoms with E-state index in [0.29, 0.717) is 53.9 Å². The van der Waals surface area contributed by atoms with Gasteiger partial charge < -0.3 is 36.1 Å². The van der Waals surface area contributed by atoms with Crippen molar-refractivity contribution in [1.29, 1.82) is 0 Å². The molecule has 0 bridgehead atoms. The summed E-state index contributed by atoms with van der Waals surface area (Å²) in [6.45, 7) is 4.12. The lowest BCUT2D eigenvalue weighted by molar-refractivity contribution is -0.145. The molecule has 0 radical (unpaired) electrons. The SMILES string of the molecule is O=C(Nc1ccc(C(F)(F)F)cn1)Nc1ccc([C@H]2CNCCO2)cc1Cl.O=C(Nc1cnc(C(F)(F)F)nc1)Nc1ccc([C@@H]2CNCCO2)cc1Cl. The van der Waals surface area contributed by atoms with E-state index in [4.69, 9.17) is 32.7 Å². The van der Waals surface area contributed by atoms with Crippen molar-refractivity contribution in [2.45, 2.75) is 24.6 Å². The average molecular weight is 803 g/mol. The highest BCUT2D eigenvalue weighted by Crippen LogP contribution is 2.31. The lowest BCUT2D eigenvalue weighted by Gasteiger charge is -2.24. The smallest absolute Gasteiger partial charge is 0.371 e. The predicted molar refractivity (Wildman–Crippen MR) is 188 cm³/mol. The Morgan fingerprint density at radius 2 is 1.19 bits per heavy atom. The van der Waals surface area contributed by atoms with E-state index >= 15 is 0 Å². The van der Waals surface area contributed by atoms with Gasteiger partial charge in [0, 0.05) is 32.4 Å². The van der Waals surface area contributed by atoms with Gasteiger partial charge in [0.05, 0.1) is 70.5 Å². The average Bonchev–Trinajstić information content (AvgIpc) is 3.14. The molecule has 0 aliphatic carbocycles. The van der Waals surface area contributed by atoms with Gasteiger partial charge in [-0.25, -0.2) is 24.5 Å². The number of carbonyl (C=O) groups excluding carboxylic acids is 2. The first-order valence-electron chi connectivity index (χ1n) is 16.0. The third-order valence-electron chi connectivity index (χ3n) is 7.58. The Bertz CT molecular complexity index is 1760. The van der Waals surface area contributed by atoms with Crippen LogP contribution in [0, 0.1) is 0 Å². The Balaban J connectivity index is 0.000000208. The van der Waals surface area contributed by atoms with E-state index in [1.54, 1.807) is 36.4 Å². The van der Waals surface area contributed by atoms with Crippen LogP contribution in [-0.4, -0.2) is 66.4 Å². The van der Waals surface area contributed by atoms with Crippen LogP contribution in [0.25, 0.3) is 0 Å². The third kappa shape index (κ3) is 11.6. The number of nitrogens with one attached hydrogen (secondary N) is 6. The summed E-state index contributed by atoms with van der Waals surface area (Å²) in [5.41, 5.74) is 1.56. The Morgan fingerprint density at radius 1 is 0.667 bits per heavy atom. The Labute approximate surface area is 313 Å². The number of morpholine rings is 2. The van der Waals surface area contributed by atoms with Crippen molar-refractivity contribution in [3.05, 3.63) is 99.7 Å². The molecule has 2 aromatic heterocycles. The Kier molecular flexibility index (Phi) is 13.5. The lowest BCUT2D eigenvalue weighted by atomic mass is 10.1. The quantitative estimate of drug-likeness (QED) is 0.108. The first kappa shape index (κ1) is 40.4. The van der Waals surface area contributed by atoms with E-state index in [9.17, 15) is 35.9 Å². The van der Waals surface area contributed by atoms with Crippen molar-refractivity contribution in [2.75, 3.05) is 60.7 Å². The van der Waals surface area contributed by atoms with Crippen LogP contribution in [0.1, 0.15) is 34.7 Å². The number of rotatable bonds is 6. The van der Waals surface area contributed by atoms with Crippen molar-refractivity contribution in [1.82, 2.24) is 25.6 Å². The summed E-state index contributed by atoms with van der Waals surface area (Å²) >= 11 is 12.4. The Morgan fingerprint density at radius 3 is 1.59 bits per heavy atom. The molecule has 4 amide bonds. The van der Waals surface area contributed by atoms with Crippen molar-refractivity contribution in [2.24, 2.45) is 0 Å². The molecule has 288 valence electrons. The summed E-state index contributed by atoms with van der Waals surface area (Å²) in [5.74, 6) is -1.30. The highest BCUT2D eigenvalue weighted by molar-refractivity contribution is 6.34. The molecule has 2 aliphatic heterocycles. The standard InChI is InChI=1S/C17H16ClF3N4O2.C16H15ClF3N5O2/c18-12-7-10(14-9-22-5-6-27-14)1-3-13(12)24-16(26)25-15-4-2-11(8-23-15)17(19,20)21;17-11-5-9(13-8-21-3-4-27-13)1-2-12(11)25-15(26)24-10-6-22-14(23-7-10)16(18,19)20/h1-4,7-8,14,22H,5-6,9H2,(H2,23,24,25,26);1-2,5-7,13,21H,3-4,8H2,(H2,24,25,26)/t14-;13-/m10/s1.